The molecule has 0 fully saturated rings. The first kappa shape index (κ1) is 28.0. The van der Waals surface area contributed by atoms with Gasteiger partial charge in [-0.05, 0) is 0 Å². The van der Waals surface area contributed by atoms with Gasteiger partial charge in [-0.15, -0.1) is 0 Å². The minimum absolute atomic E-state index is 0.0790. The number of anilines is 1. The van der Waals surface area contributed by atoms with E-state index in [0.29, 0.717) is 21.2 Å². The van der Waals surface area contributed by atoms with Crippen molar-refractivity contribution in [1.29, 1.82) is 5.41 Å². The Morgan fingerprint density at radius 1 is 1.11 bits per heavy atom. The van der Waals surface area contributed by atoms with Crippen molar-refractivity contribution in [3.05, 3.63) is 64.4 Å². The van der Waals surface area contributed by atoms with Gasteiger partial charge in [0.15, 0.2) is 0 Å². The van der Waals surface area contributed by atoms with Gasteiger partial charge < -0.3 is 0 Å². The van der Waals surface area contributed by atoms with Crippen molar-refractivity contribution in [1.82, 2.24) is 4.72 Å². The molecular formula is C21H20N6O5PbS3. The molecule has 0 bridgehead atoms. The summed E-state index contributed by atoms with van der Waals surface area (Å²) in [6.45, 7) is 4.26. The third-order valence-electron chi connectivity index (χ3n) is 4.29. The first-order valence-corrected chi connectivity index (χ1v) is 19.6. The van der Waals surface area contributed by atoms with E-state index in [2.05, 4.69) is 14.7 Å². The van der Waals surface area contributed by atoms with Crippen molar-refractivity contribution in [3.8, 4) is 0 Å². The van der Waals surface area contributed by atoms with Gasteiger partial charge in [0.05, 0.1) is 0 Å². The van der Waals surface area contributed by atoms with Crippen LogP contribution in [0, 0.1) is 5.41 Å². The van der Waals surface area contributed by atoms with Gasteiger partial charge in [0.1, 0.15) is 0 Å². The molecule has 1 aliphatic heterocycles. The molecule has 1 aliphatic rings. The first-order chi connectivity index (χ1) is 17.1. The van der Waals surface area contributed by atoms with E-state index in [1.807, 2.05) is 35.1 Å². The fourth-order valence-corrected chi connectivity index (χ4v) is 11.3. The van der Waals surface area contributed by atoms with E-state index in [1.165, 1.54) is 44.5 Å². The first-order valence-electron chi connectivity index (χ1n) is 10.1. The number of hydrogen-bond acceptors (Lipinski definition) is 11. The zero-order chi connectivity index (χ0) is 26.3. The number of amidine groups is 1. The van der Waals surface area contributed by atoms with Crippen molar-refractivity contribution >= 4 is 88.3 Å². The molecule has 186 valence electrons. The summed E-state index contributed by atoms with van der Waals surface area (Å²) in [7, 11) is -2.57. The molecule has 1 heterocycles. The topological polar surface area (TPSA) is 154 Å². The monoisotopic (exact) mass is 740 g/mol. The Morgan fingerprint density at radius 3 is 2.39 bits per heavy atom. The van der Waals surface area contributed by atoms with Crippen LogP contribution in [-0.4, -0.2) is 55.0 Å². The standard InChI is InChI=1S/C19H18N6O3S3.C2H4O2.Pb/c1-12-17(18(20)25(22-12)15-6-4-3-5-7-15)19(29)30-24-21-14-8-10-16(11-9-14)31(27,28)23-13(2)26;1-2(3)4;/h3-11,20,29H,1-2H3,(H,23,26);1H3,(H,3,4);/q;;+2/p-2/b19-17-,20-18?,24-21?;;. The molecule has 11 nitrogen and oxygen atoms in total. The van der Waals surface area contributed by atoms with Crippen LogP contribution in [0.3, 0.4) is 0 Å². The Balaban J connectivity index is 1.82. The van der Waals surface area contributed by atoms with Crippen LogP contribution in [-0.2, 0) is 22.3 Å². The van der Waals surface area contributed by atoms with Crippen molar-refractivity contribution in [2.75, 3.05) is 5.01 Å². The van der Waals surface area contributed by atoms with Crippen molar-refractivity contribution < 1.29 is 20.7 Å². The molecule has 0 unspecified atom stereocenters. The molecule has 0 aliphatic carbocycles. The SMILES string of the molecule is CC(=O)NS(=O)(=O)c1ccc(N=NS/C([S][Pb][O]C(C)=O)=C2\C(=N)N(c3ccccc3)N=C2C)cc1. The average molecular weight is 740 g/mol. The number of amides is 1. The summed E-state index contributed by atoms with van der Waals surface area (Å²) in [5.74, 6) is -0.870. The molecule has 36 heavy (non-hydrogen) atoms. The third-order valence-corrected chi connectivity index (χ3v) is 14.5. The van der Waals surface area contributed by atoms with E-state index in [4.69, 9.17) is 8.10 Å². The second-order valence-corrected chi connectivity index (χ2v) is 15.6. The Hall–Kier alpha value is -2.57. The Labute approximate surface area is 227 Å². The third kappa shape index (κ3) is 7.47. The molecule has 0 saturated heterocycles. The van der Waals surface area contributed by atoms with Crippen LogP contribution in [0.2, 0.25) is 0 Å². The second kappa shape index (κ2) is 12.6. The normalized spacial score (nSPS) is 15.1. The Morgan fingerprint density at radius 2 is 1.78 bits per heavy atom. The Bertz CT molecular complexity index is 1360. The number of sulfonamides is 1. The van der Waals surface area contributed by atoms with E-state index < -0.39 is 39.1 Å². The van der Waals surface area contributed by atoms with Crippen LogP contribution < -0.4 is 9.73 Å². The molecule has 15 heteroatoms. The summed E-state index contributed by atoms with van der Waals surface area (Å²) in [6.07, 6.45) is 0. The van der Waals surface area contributed by atoms with Gasteiger partial charge in [-0.3, -0.25) is 4.79 Å². The van der Waals surface area contributed by atoms with E-state index in [0.717, 1.165) is 24.6 Å². The predicted molar refractivity (Wildman–Crippen MR) is 141 cm³/mol. The van der Waals surface area contributed by atoms with Gasteiger partial charge in [-0.25, -0.2) is 0 Å². The second-order valence-electron chi connectivity index (χ2n) is 7.05. The zero-order valence-electron chi connectivity index (χ0n) is 19.3. The van der Waals surface area contributed by atoms with Crippen molar-refractivity contribution in [2.24, 2.45) is 14.7 Å². The van der Waals surface area contributed by atoms with Crippen LogP contribution in [0.5, 0.6) is 0 Å². The average Bonchev–Trinajstić information content (AvgIpc) is 3.11. The van der Waals surface area contributed by atoms with Gasteiger partial charge in [0.25, 0.3) is 0 Å². The van der Waals surface area contributed by atoms with Crippen LogP contribution in [0.4, 0.5) is 11.4 Å². The molecule has 2 N–H and O–H groups in total. The van der Waals surface area contributed by atoms with Crippen LogP contribution >= 0.6 is 20.3 Å². The summed E-state index contributed by atoms with van der Waals surface area (Å²) in [5.41, 5.74) is 2.32. The molecule has 2 aromatic rings. The van der Waals surface area contributed by atoms with Crippen LogP contribution in [0.25, 0.3) is 0 Å². The number of rotatable bonds is 9. The molecule has 0 aromatic heterocycles. The molecule has 1 amide bonds. The predicted octanol–water partition coefficient (Wildman–Crippen LogP) is 4.16. The van der Waals surface area contributed by atoms with Gasteiger partial charge in [0, 0.05) is 6.92 Å². The molecule has 2 radical (unpaired) electrons. The summed E-state index contributed by atoms with van der Waals surface area (Å²) in [6, 6.07) is 14.8. The molecule has 0 spiro atoms. The number of carbonyl (C=O) groups excluding carboxylic acids is 2. The summed E-state index contributed by atoms with van der Waals surface area (Å²) >= 11 is -0.870. The van der Waals surface area contributed by atoms with Gasteiger partial charge in [-0.1, -0.05) is 0 Å². The molecule has 0 atom stereocenters. The number of hydrogen-bond donors (Lipinski definition) is 2. The summed E-state index contributed by atoms with van der Waals surface area (Å²) in [4.78, 5) is 22.3. The van der Waals surface area contributed by atoms with Crippen LogP contribution in [0.1, 0.15) is 20.8 Å². The van der Waals surface area contributed by atoms with Crippen molar-refractivity contribution in [3.63, 3.8) is 0 Å². The number of nitrogens with zero attached hydrogens (tertiary/aromatic N) is 4. The Kier molecular flexibility index (Phi) is 9.80. The number of carbonyl (C=O) groups is 2. The summed E-state index contributed by atoms with van der Waals surface area (Å²) < 4.78 is 36.1. The van der Waals surface area contributed by atoms with Gasteiger partial charge in [0.2, 0.25) is 0 Å². The summed E-state index contributed by atoms with van der Waals surface area (Å²) in [5, 5.41) is 18.8. The zero-order valence-corrected chi connectivity index (χ0v) is 25.6. The number of hydrazone groups is 1. The number of nitrogens with one attached hydrogen (secondary N) is 2. The quantitative estimate of drug-likeness (QED) is 0.221. The van der Waals surface area contributed by atoms with Crippen molar-refractivity contribution in [2.45, 2.75) is 25.7 Å². The molecular weight excluding hydrogens is 720 g/mol. The molecule has 2 aromatic carbocycles. The van der Waals surface area contributed by atoms with E-state index in [9.17, 15) is 18.0 Å². The fraction of sp³-hybridized carbons (Fsp3) is 0.143. The van der Waals surface area contributed by atoms with E-state index in [1.54, 1.807) is 6.92 Å². The van der Waals surface area contributed by atoms with Gasteiger partial charge in [-0.2, -0.15) is 0 Å². The fourth-order valence-electron chi connectivity index (χ4n) is 2.81. The molecule has 3 rings (SSSR count). The number of benzene rings is 2. The van der Waals surface area contributed by atoms with Gasteiger partial charge >= 0.3 is 217 Å². The van der Waals surface area contributed by atoms with Crippen LogP contribution in [0.15, 0.2) is 84.0 Å². The molecule has 0 saturated carbocycles. The minimum atomic E-state index is -3.94. The van der Waals surface area contributed by atoms with E-state index >= 15 is 0 Å². The van der Waals surface area contributed by atoms with E-state index in [-0.39, 0.29) is 16.7 Å². The number of para-hydroxylation sites is 1. The maximum atomic E-state index is 12.1. The maximum absolute atomic E-state index is 12.1.